The van der Waals surface area contributed by atoms with Gasteiger partial charge in [-0.15, -0.1) is 0 Å². The molecule has 1 saturated heterocycles. The van der Waals surface area contributed by atoms with E-state index in [0.29, 0.717) is 34.0 Å². The first-order valence-electron chi connectivity index (χ1n) is 11.6. The molecule has 0 amide bonds. The first kappa shape index (κ1) is 25.0. The predicted molar refractivity (Wildman–Crippen MR) is 145 cm³/mol. The molecule has 7 nitrogen and oxygen atoms in total. The van der Waals surface area contributed by atoms with Gasteiger partial charge in [-0.3, -0.25) is 4.90 Å². The second kappa shape index (κ2) is 11.6. The lowest BCUT2D eigenvalue weighted by atomic mass is 10.2. The van der Waals surface area contributed by atoms with Gasteiger partial charge < -0.3 is 19.5 Å². The number of aromatic nitrogens is 2. The number of hydrogen-bond donors (Lipinski definition) is 1. The van der Waals surface area contributed by atoms with Gasteiger partial charge in [0.1, 0.15) is 24.9 Å². The van der Waals surface area contributed by atoms with Crippen LogP contribution in [0.3, 0.4) is 0 Å². The Hall–Kier alpha value is -2.62. The number of hydrogen-bond acceptors (Lipinski definition) is 8. The number of halogens is 2. The van der Waals surface area contributed by atoms with E-state index in [1.165, 1.54) is 11.9 Å². The molecule has 5 rings (SSSR count). The summed E-state index contributed by atoms with van der Waals surface area (Å²) in [7, 11) is 1.62. The van der Waals surface area contributed by atoms with Crippen LogP contribution in [0.4, 0.5) is 11.5 Å². The molecule has 1 aliphatic heterocycles. The zero-order valence-electron chi connectivity index (χ0n) is 19.7. The van der Waals surface area contributed by atoms with E-state index in [9.17, 15) is 0 Å². The minimum atomic E-state index is -0.0381. The Labute approximate surface area is 223 Å². The van der Waals surface area contributed by atoms with Crippen LogP contribution >= 0.6 is 34.5 Å². The molecule has 1 fully saturated rings. The van der Waals surface area contributed by atoms with Crippen LogP contribution in [-0.2, 0) is 11.3 Å². The number of nitrogens with one attached hydrogen (secondary N) is 1. The zero-order chi connectivity index (χ0) is 24.9. The number of nitrogens with zero attached hydrogens (tertiary/aromatic N) is 3. The van der Waals surface area contributed by atoms with Crippen molar-refractivity contribution < 1.29 is 14.2 Å². The number of ether oxygens (including phenoxy) is 3. The maximum absolute atomic E-state index is 6.21. The van der Waals surface area contributed by atoms with Gasteiger partial charge >= 0.3 is 0 Å². The lowest BCUT2D eigenvalue weighted by Gasteiger charge is -2.24. The van der Waals surface area contributed by atoms with Gasteiger partial charge in [-0.25, -0.2) is 9.97 Å². The standard InChI is InChI=1S/C26H26Cl2N4O3S/c1-33-24-10-20-23(29-16-30-26(20)31-18-3-4-21(27)22(28)9-18)11-25(24)35-14-19-13-32(6-2-7-34-19)12-17-5-8-36-15-17/h3-5,8-11,15-16,19H,2,6-7,12-14H2,1H3,(H,29,30,31). The maximum atomic E-state index is 6.21. The summed E-state index contributed by atoms with van der Waals surface area (Å²) < 4.78 is 17.9. The van der Waals surface area contributed by atoms with Gasteiger partial charge in [0, 0.05) is 43.4 Å². The Morgan fingerprint density at radius 1 is 1.14 bits per heavy atom. The highest BCUT2D eigenvalue weighted by Gasteiger charge is 2.21. The summed E-state index contributed by atoms with van der Waals surface area (Å²) in [5.74, 6) is 1.83. The summed E-state index contributed by atoms with van der Waals surface area (Å²) in [6.07, 6.45) is 2.48. The molecule has 36 heavy (non-hydrogen) atoms. The van der Waals surface area contributed by atoms with E-state index in [2.05, 4.69) is 37.0 Å². The highest BCUT2D eigenvalue weighted by atomic mass is 35.5. The van der Waals surface area contributed by atoms with Crippen molar-refractivity contribution in [2.45, 2.75) is 19.1 Å². The Bertz CT molecular complexity index is 1320. The van der Waals surface area contributed by atoms with E-state index in [1.54, 1.807) is 30.6 Å². The molecule has 0 bridgehead atoms. The number of anilines is 2. The molecule has 2 aromatic carbocycles. The highest BCUT2D eigenvalue weighted by Crippen LogP contribution is 2.35. The van der Waals surface area contributed by atoms with Crippen LogP contribution in [0, 0.1) is 0 Å². The van der Waals surface area contributed by atoms with Crippen molar-refractivity contribution in [3.05, 3.63) is 69.1 Å². The lowest BCUT2D eigenvalue weighted by molar-refractivity contribution is 0.0196. The van der Waals surface area contributed by atoms with Crippen molar-refractivity contribution in [1.29, 1.82) is 0 Å². The van der Waals surface area contributed by atoms with Crippen LogP contribution in [0.25, 0.3) is 10.9 Å². The number of rotatable bonds is 8. The van der Waals surface area contributed by atoms with Crippen molar-refractivity contribution in [2.24, 2.45) is 0 Å². The molecule has 2 aromatic heterocycles. The lowest BCUT2D eigenvalue weighted by Crippen LogP contribution is -2.34. The molecule has 0 aliphatic carbocycles. The van der Waals surface area contributed by atoms with Crippen molar-refractivity contribution in [3.8, 4) is 11.5 Å². The monoisotopic (exact) mass is 544 g/mol. The van der Waals surface area contributed by atoms with Crippen LogP contribution in [-0.4, -0.2) is 54.4 Å². The molecular formula is C26H26Cl2N4O3S. The van der Waals surface area contributed by atoms with Crippen LogP contribution in [0.1, 0.15) is 12.0 Å². The molecule has 188 valence electrons. The first-order chi connectivity index (χ1) is 17.6. The van der Waals surface area contributed by atoms with Crippen molar-refractivity contribution in [2.75, 3.05) is 38.7 Å². The van der Waals surface area contributed by atoms with Gasteiger partial charge in [0.25, 0.3) is 0 Å². The number of thiophene rings is 1. The largest absolute Gasteiger partial charge is 0.493 e. The van der Waals surface area contributed by atoms with Gasteiger partial charge in [0.05, 0.1) is 22.7 Å². The smallest absolute Gasteiger partial charge is 0.163 e. The van der Waals surface area contributed by atoms with Gasteiger partial charge in [-0.05, 0) is 53.1 Å². The Kier molecular flexibility index (Phi) is 8.09. The Morgan fingerprint density at radius 2 is 2.06 bits per heavy atom. The fourth-order valence-corrected chi connectivity index (χ4v) is 5.14. The minimum Gasteiger partial charge on any atom is -0.493 e. The van der Waals surface area contributed by atoms with E-state index in [-0.39, 0.29) is 6.10 Å². The van der Waals surface area contributed by atoms with Crippen molar-refractivity contribution in [1.82, 2.24) is 14.9 Å². The molecule has 10 heteroatoms. The molecular weight excluding hydrogens is 519 g/mol. The van der Waals surface area contributed by atoms with Gasteiger partial charge in [0.15, 0.2) is 11.5 Å². The van der Waals surface area contributed by atoms with E-state index in [0.717, 1.165) is 49.3 Å². The fraction of sp³-hybridized carbons (Fsp3) is 0.308. The van der Waals surface area contributed by atoms with Crippen LogP contribution < -0.4 is 14.8 Å². The zero-order valence-corrected chi connectivity index (χ0v) is 22.1. The highest BCUT2D eigenvalue weighted by molar-refractivity contribution is 7.07. The Balaban J connectivity index is 1.32. The summed E-state index contributed by atoms with van der Waals surface area (Å²) in [6, 6.07) is 11.2. The minimum absolute atomic E-state index is 0.0381. The maximum Gasteiger partial charge on any atom is 0.163 e. The van der Waals surface area contributed by atoms with Gasteiger partial charge in [-0.1, -0.05) is 23.2 Å². The van der Waals surface area contributed by atoms with Gasteiger partial charge in [0.2, 0.25) is 0 Å². The topological polar surface area (TPSA) is 68.7 Å². The molecule has 0 spiro atoms. The van der Waals surface area contributed by atoms with E-state index < -0.39 is 0 Å². The summed E-state index contributed by atoms with van der Waals surface area (Å²) in [4.78, 5) is 11.3. The summed E-state index contributed by atoms with van der Waals surface area (Å²) in [5.41, 5.74) is 2.83. The number of methoxy groups -OCH3 is 1. The first-order valence-corrected chi connectivity index (χ1v) is 13.3. The van der Waals surface area contributed by atoms with E-state index >= 15 is 0 Å². The Morgan fingerprint density at radius 3 is 2.86 bits per heavy atom. The fourth-order valence-electron chi connectivity index (χ4n) is 4.18. The average Bonchev–Trinajstić information content (AvgIpc) is 3.29. The summed E-state index contributed by atoms with van der Waals surface area (Å²) >= 11 is 13.9. The third-order valence-electron chi connectivity index (χ3n) is 5.95. The third-order valence-corrected chi connectivity index (χ3v) is 7.42. The third kappa shape index (κ3) is 6.02. The van der Waals surface area contributed by atoms with Gasteiger partial charge in [-0.2, -0.15) is 11.3 Å². The van der Waals surface area contributed by atoms with E-state index in [1.807, 2.05) is 18.2 Å². The normalized spacial score (nSPS) is 16.6. The molecule has 4 aromatic rings. The molecule has 0 radical (unpaired) electrons. The molecule has 1 unspecified atom stereocenters. The van der Waals surface area contributed by atoms with Crippen molar-refractivity contribution in [3.63, 3.8) is 0 Å². The average molecular weight is 545 g/mol. The summed E-state index contributed by atoms with van der Waals surface area (Å²) in [5, 5.41) is 9.34. The molecule has 1 aliphatic rings. The van der Waals surface area contributed by atoms with Crippen LogP contribution in [0.15, 0.2) is 53.5 Å². The molecule has 3 heterocycles. The molecule has 1 atom stereocenters. The second-order valence-electron chi connectivity index (χ2n) is 8.52. The van der Waals surface area contributed by atoms with Crippen molar-refractivity contribution >= 4 is 56.9 Å². The van der Waals surface area contributed by atoms with Crippen LogP contribution in [0.5, 0.6) is 11.5 Å². The SMILES string of the molecule is COc1cc2c(Nc3ccc(Cl)c(Cl)c3)ncnc2cc1OCC1CN(Cc2ccsc2)CCCO1. The van der Waals surface area contributed by atoms with Crippen LogP contribution in [0.2, 0.25) is 10.0 Å². The molecule has 1 N–H and O–H groups in total. The second-order valence-corrected chi connectivity index (χ2v) is 10.1. The number of benzene rings is 2. The predicted octanol–water partition coefficient (Wildman–Crippen LogP) is 6.42. The van der Waals surface area contributed by atoms with E-state index in [4.69, 9.17) is 37.4 Å². The number of fused-ring (bicyclic) bond motifs is 1. The molecule has 0 saturated carbocycles. The quantitative estimate of drug-likeness (QED) is 0.274. The summed E-state index contributed by atoms with van der Waals surface area (Å²) in [6.45, 7) is 3.89.